The topological polar surface area (TPSA) is 32.3 Å². The third-order valence-corrected chi connectivity index (χ3v) is 2.75. The van der Waals surface area contributed by atoms with Gasteiger partial charge in [0.25, 0.3) is 0 Å². The van der Waals surface area contributed by atoms with Crippen LogP contribution in [0.2, 0.25) is 0 Å². The minimum atomic E-state index is 0.121. The minimum Gasteiger partial charge on any atom is -0.392 e. The van der Waals surface area contributed by atoms with E-state index in [2.05, 4.69) is 42.6 Å². The summed E-state index contributed by atoms with van der Waals surface area (Å²) in [7, 11) is 0. The lowest BCUT2D eigenvalue weighted by Gasteiger charge is -2.14. The standard InChI is InChI=1S/C15H23NO/c1-2-3-10-15(11-7-12-17)16-13-14-8-5-4-6-9-14/h4-9,11,15-17H,2-3,10,12-13H2,1H3/b11-7-/t15-/m0/s1. The lowest BCUT2D eigenvalue weighted by Crippen LogP contribution is -2.26. The molecule has 2 heteroatoms. The molecular formula is C15H23NO. The molecule has 1 aromatic carbocycles. The molecule has 0 saturated carbocycles. The maximum absolute atomic E-state index is 8.81. The zero-order chi connectivity index (χ0) is 12.3. The van der Waals surface area contributed by atoms with Crippen LogP contribution in [-0.2, 0) is 6.54 Å². The number of hydrogen-bond donors (Lipinski definition) is 2. The molecule has 0 unspecified atom stereocenters. The van der Waals surface area contributed by atoms with E-state index in [1.165, 1.54) is 18.4 Å². The van der Waals surface area contributed by atoms with Gasteiger partial charge in [-0.2, -0.15) is 0 Å². The smallest absolute Gasteiger partial charge is 0.0612 e. The van der Waals surface area contributed by atoms with Gasteiger partial charge in [0.15, 0.2) is 0 Å². The van der Waals surface area contributed by atoms with Gasteiger partial charge >= 0.3 is 0 Å². The number of aliphatic hydroxyl groups is 1. The van der Waals surface area contributed by atoms with E-state index in [1.807, 2.05) is 12.1 Å². The van der Waals surface area contributed by atoms with E-state index in [0.29, 0.717) is 6.04 Å². The van der Waals surface area contributed by atoms with E-state index in [0.717, 1.165) is 13.0 Å². The molecule has 0 heterocycles. The number of hydrogen-bond acceptors (Lipinski definition) is 2. The molecule has 1 aromatic rings. The second kappa shape index (κ2) is 8.97. The predicted octanol–water partition coefficient (Wildman–Crippen LogP) is 2.88. The molecule has 0 fully saturated rings. The van der Waals surface area contributed by atoms with Gasteiger partial charge in [-0.15, -0.1) is 0 Å². The monoisotopic (exact) mass is 233 g/mol. The van der Waals surface area contributed by atoms with Gasteiger partial charge in [0, 0.05) is 12.6 Å². The van der Waals surface area contributed by atoms with Crippen molar-refractivity contribution in [2.45, 2.75) is 38.8 Å². The van der Waals surface area contributed by atoms with Crippen LogP contribution in [-0.4, -0.2) is 17.8 Å². The van der Waals surface area contributed by atoms with Gasteiger partial charge in [0.1, 0.15) is 0 Å². The summed E-state index contributed by atoms with van der Waals surface area (Å²) in [5.74, 6) is 0. The normalized spacial score (nSPS) is 13.1. The molecular weight excluding hydrogens is 210 g/mol. The highest BCUT2D eigenvalue weighted by atomic mass is 16.2. The van der Waals surface area contributed by atoms with Crippen LogP contribution < -0.4 is 5.32 Å². The van der Waals surface area contributed by atoms with Crippen molar-refractivity contribution in [2.24, 2.45) is 0 Å². The Bertz CT molecular complexity index is 308. The lowest BCUT2D eigenvalue weighted by molar-refractivity contribution is 0.341. The molecule has 0 radical (unpaired) electrons. The Labute approximate surface area is 104 Å². The molecule has 0 spiro atoms. The van der Waals surface area contributed by atoms with Crippen molar-refractivity contribution in [2.75, 3.05) is 6.61 Å². The Hall–Kier alpha value is -1.12. The van der Waals surface area contributed by atoms with Gasteiger partial charge in [0.2, 0.25) is 0 Å². The predicted molar refractivity (Wildman–Crippen MR) is 72.8 cm³/mol. The van der Waals surface area contributed by atoms with Crippen LogP contribution in [0, 0.1) is 0 Å². The van der Waals surface area contributed by atoms with Gasteiger partial charge in [-0.3, -0.25) is 0 Å². The first-order chi connectivity index (χ1) is 8.36. The van der Waals surface area contributed by atoms with Crippen LogP contribution in [0.4, 0.5) is 0 Å². The first-order valence-corrected chi connectivity index (χ1v) is 6.41. The van der Waals surface area contributed by atoms with E-state index in [1.54, 1.807) is 0 Å². The zero-order valence-corrected chi connectivity index (χ0v) is 10.6. The summed E-state index contributed by atoms with van der Waals surface area (Å²) in [4.78, 5) is 0. The Morgan fingerprint density at radius 2 is 2.06 bits per heavy atom. The molecule has 1 atom stereocenters. The second-order valence-corrected chi connectivity index (χ2v) is 4.23. The third kappa shape index (κ3) is 6.25. The van der Waals surface area contributed by atoms with Crippen molar-refractivity contribution in [3.63, 3.8) is 0 Å². The van der Waals surface area contributed by atoms with Crippen LogP contribution in [0.3, 0.4) is 0 Å². The number of aliphatic hydroxyl groups excluding tert-OH is 1. The fraction of sp³-hybridized carbons (Fsp3) is 0.467. The van der Waals surface area contributed by atoms with E-state index in [-0.39, 0.29) is 6.61 Å². The number of nitrogens with one attached hydrogen (secondary N) is 1. The molecule has 0 aromatic heterocycles. The van der Waals surface area contributed by atoms with Crippen molar-refractivity contribution in [1.29, 1.82) is 0 Å². The van der Waals surface area contributed by atoms with Crippen molar-refractivity contribution < 1.29 is 5.11 Å². The van der Waals surface area contributed by atoms with Crippen LogP contribution in [0.5, 0.6) is 0 Å². The maximum Gasteiger partial charge on any atom is 0.0612 e. The van der Waals surface area contributed by atoms with Gasteiger partial charge in [-0.25, -0.2) is 0 Å². The Morgan fingerprint density at radius 3 is 2.71 bits per heavy atom. The SMILES string of the molecule is CCCC[C@@H](/C=C\CO)NCc1ccccc1. The zero-order valence-electron chi connectivity index (χ0n) is 10.6. The first-order valence-electron chi connectivity index (χ1n) is 6.41. The van der Waals surface area contributed by atoms with Gasteiger partial charge < -0.3 is 10.4 Å². The average Bonchev–Trinajstić information content (AvgIpc) is 2.39. The largest absolute Gasteiger partial charge is 0.392 e. The number of unbranched alkanes of at least 4 members (excludes halogenated alkanes) is 1. The highest BCUT2D eigenvalue weighted by molar-refractivity contribution is 5.14. The molecule has 17 heavy (non-hydrogen) atoms. The highest BCUT2D eigenvalue weighted by Gasteiger charge is 2.03. The van der Waals surface area contributed by atoms with E-state index in [4.69, 9.17) is 5.11 Å². The summed E-state index contributed by atoms with van der Waals surface area (Å²) < 4.78 is 0. The van der Waals surface area contributed by atoms with E-state index >= 15 is 0 Å². The van der Waals surface area contributed by atoms with Crippen LogP contribution in [0.25, 0.3) is 0 Å². The van der Waals surface area contributed by atoms with Gasteiger partial charge in [0.05, 0.1) is 6.61 Å². The molecule has 0 aliphatic heterocycles. The van der Waals surface area contributed by atoms with Crippen molar-refractivity contribution in [3.8, 4) is 0 Å². The lowest BCUT2D eigenvalue weighted by atomic mass is 10.1. The Kier molecular flexibility index (Phi) is 7.35. The highest BCUT2D eigenvalue weighted by Crippen LogP contribution is 2.04. The summed E-state index contributed by atoms with van der Waals surface area (Å²) in [6, 6.07) is 10.8. The van der Waals surface area contributed by atoms with E-state index in [9.17, 15) is 0 Å². The molecule has 2 N–H and O–H groups in total. The minimum absolute atomic E-state index is 0.121. The van der Waals surface area contributed by atoms with Crippen LogP contribution >= 0.6 is 0 Å². The number of benzene rings is 1. The van der Waals surface area contributed by atoms with Gasteiger partial charge in [-0.1, -0.05) is 62.2 Å². The summed E-state index contributed by atoms with van der Waals surface area (Å²) >= 11 is 0. The van der Waals surface area contributed by atoms with E-state index < -0.39 is 0 Å². The summed E-state index contributed by atoms with van der Waals surface area (Å²) in [6.07, 6.45) is 7.43. The molecule has 94 valence electrons. The van der Waals surface area contributed by atoms with Crippen molar-refractivity contribution in [3.05, 3.63) is 48.0 Å². The van der Waals surface area contributed by atoms with Gasteiger partial charge in [-0.05, 0) is 12.0 Å². The Morgan fingerprint density at radius 1 is 1.29 bits per heavy atom. The summed E-state index contributed by atoms with van der Waals surface area (Å²) in [5.41, 5.74) is 1.30. The average molecular weight is 233 g/mol. The molecule has 0 aliphatic rings. The fourth-order valence-corrected chi connectivity index (χ4v) is 1.76. The second-order valence-electron chi connectivity index (χ2n) is 4.23. The first kappa shape index (κ1) is 13.9. The summed E-state index contributed by atoms with van der Waals surface area (Å²) in [5, 5.41) is 12.3. The Balaban J connectivity index is 2.40. The van der Waals surface area contributed by atoms with Crippen LogP contribution in [0.1, 0.15) is 31.7 Å². The quantitative estimate of drug-likeness (QED) is 0.677. The maximum atomic E-state index is 8.81. The number of rotatable bonds is 8. The summed E-state index contributed by atoms with van der Waals surface area (Å²) in [6.45, 7) is 3.20. The molecule has 1 rings (SSSR count). The van der Waals surface area contributed by atoms with Crippen molar-refractivity contribution in [1.82, 2.24) is 5.32 Å². The van der Waals surface area contributed by atoms with Crippen LogP contribution in [0.15, 0.2) is 42.5 Å². The molecule has 0 bridgehead atoms. The molecule has 0 aliphatic carbocycles. The third-order valence-electron chi connectivity index (χ3n) is 2.75. The molecule has 0 saturated heterocycles. The molecule has 2 nitrogen and oxygen atoms in total. The molecule has 0 amide bonds. The fourth-order valence-electron chi connectivity index (χ4n) is 1.76. The van der Waals surface area contributed by atoms with Crippen molar-refractivity contribution >= 4 is 0 Å².